The molecule has 0 radical (unpaired) electrons. The number of aromatic amines is 1. The van der Waals surface area contributed by atoms with E-state index in [0.29, 0.717) is 12.6 Å². The van der Waals surface area contributed by atoms with Crippen LogP contribution in [-0.2, 0) is 6.42 Å². The van der Waals surface area contributed by atoms with Crippen molar-refractivity contribution in [2.45, 2.75) is 46.6 Å². The lowest BCUT2D eigenvalue weighted by molar-refractivity contribution is 0.340. The van der Waals surface area contributed by atoms with Crippen LogP contribution < -0.4 is 10.1 Å². The van der Waals surface area contributed by atoms with Crippen LogP contribution in [0.1, 0.15) is 51.4 Å². The van der Waals surface area contributed by atoms with Crippen molar-refractivity contribution in [2.75, 3.05) is 13.2 Å². The maximum Gasteiger partial charge on any atom is 0.120 e. The summed E-state index contributed by atoms with van der Waals surface area (Å²) in [4.78, 5) is 3.56. The number of ether oxygens (including phenoxy) is 1. The molecule has 1 unspecified atom stereocenters. The Kier molecular flexibility index (Phi) is 5.07. The molecule has 2 rings (SSSR count). The Bertz CT molecular complexity index is 559. The van der Waals surface area contributed by atoms with Crippen molar-refractivity contribution < 1.29 is 4.74 Å². The molecule has 0 saturated heterocycles. The molecule has 110 valence electrons. The molecule has 0 fully saturated rings. The van der Waals surface area contributed by atoms with E-state index in [0.717, 1.165) is 25.1 Å². The molecule has 2 aromatic rings. The van der Waals surface area contributed by atoms with E-state index in [2.05, 4.69) is 43.2 Å². The lowest BCUT2D eigenvalue weighted by Gasteiger charge is -2.17. The van der Waals surface area contributed by atoms with E-state index in [-0.39, 0.29) is 0 Å². The third-order valence-corrected chi connectivity index (χ3v) is 3.76. The van der Waals surface area contributed by atoms with Crippen molar-refractivity contribution in [2.24, 2.45) is 0 Å². The summed E-state index contributed by atoms with van der Waals surface area (Å²) in [5.41, 5.74) is 3.95. The van der Waals surface area contributed by atoms with Crippen LogP contribution in [0.15, 0.2) is 18.2 Å². The third kappa shape index (κ3) is 2.83. The molecule has 20 heavy (non-hydrogen) atoms. The predicted octanol–water partition coefficient (Wildman–Crippen LogP) is 4.19. The highest BCUT2D eigenvalue weighted by molar-refractivity contribution is 5.86. The van der Waals surface area contributed by atoms with E-state index >= 15 is 0 Å². The number of aromatic nitrogens is 1. The van der Waals surface area contributed by atoms with Gasteiger partial charge in [0.25, 0.3) is 0 Å². The van der Waals surface area contributed by atoms with Gasteiger partial charge in [0, 0.05) is 22.6 Å². The second-order valence-electron chi connectivity index (χ2n) is 5.03. The summed E-state index contributed by atoms with van der Waals surface area (Å²) in [6.07, 6.45) is 2.11. The monoisotopic (exact) mass is 274 g/mol. The maximum absolute atomic E-state index is 5.65. The molecular weight excluding hydrogens is 248 g/mol. The highest BCUT2D eigenvalue weighted by Crippen LogP contribution is 2.32. The smallest absolute Gasteiger partial charge is 0.120 e. The number of hydrogen-bond donors (Lipinski definition) is 2. The molecule has 0 aliphatic carbocycles. The number of hydrogen-bond acceptors (Lipinski definition) is 2. The number of H-pyrrole nitrogens is 1. The molecule has 0 spiro atoms. The van der Waals surface area contributed by atoms with Crippen LogP contribution >= 0.6 is 0 Å². The summed E-state index contributed by atoms with van der Waals surface area (Å²) >= 11 is 0. The largest absolute Gasteiger partial charge is 0.494 e. The molecule has 1 aromatic carbocycles. The molecule has 0 aliphatic rings. The van der Waals surface area contributed by atoms with Gasteiger partial charge in [0.15, 0.2) is 0 Å². The summed E-state index contributed by atoms with van der Waals surface area (Å²) in [5, 5.41) is 4.88. The molecule has 2 N–H and O–H groups in total. The molecule has 1 atom stereocenters. The SMILES string of the molecule is CCNC(CC)c1c(CC)[nH]c2ccc(OCC)cc12. The zero-order valence-electron chi connectivity index (χ0n) is 13.0. The van der Waals surface area contributed by atoms with Crippen LogP contribution in [0, 0.1) is 0 Å². The average molecular weight is 274 g/mol. The number of nitrogens with one attached hydrogen (secondary N) is 2. The number of rotatable bonds is 7. The minimum Gasteiger partial charge on any atom is -0.494 e. The lowest BCUT2D eigenvalue weighted by Crippen LogP contribution is -2.20. The first-order valence-electron chi connectivity index (χ1n) is 7.75. The standard InChI is InChI=1S/C17H26N2O/c1-5-14(18-7-3)17-13-11-12(20-8-4)9-10-16(13)19-15(17)6-2/h9-11,14,18-19H,5-8H2,1-4H3. The van der Waals surface area contributed by atoms with Gasteiger partial charge in [0.2, 0.25) is 0 Å². The van der Waals surface area contributed by atoms with Crippen molar-refractivity contribution >= 4 is 10.9 Å². The fourth-order valence-corrected chi connectivity index (χ4v) is 2.88. The van der Waals surface area contributed by atoms with Gasteiger partial charge in [0.1, 0.15) is 5.75 Å². The molecule has 0 aliphatic heterocycles. The normalized spacial score (nSPS) is 12.8. The van der Waals surface area contributed by atoms with Crippen LogP contribution in [0.2, 0.25) is 0 Å². The van der Waals surface area contributed by atoms with Crippen molar-refractivity contribution in [3.8, 4) is 5.75 Å². The Labute approximate surface area is 121 Å². The predicted molar refractivity (Wildman–Crippen MR) is 85.6 cm³/mol. The first-order chi connectivity index (χ1) is 9.74. The summed E-state index contributed by atoms with van der Waals surface area (Å²) in [6.45, 7) is 10.3. The van der Waals surface area contributed by atoms with Gasteiger partial charge in [0.05, 0.1) is 6.61 Å². The molecular formula is C17H26N2O. The Morgan fingerprint density at radius 2 is 2.00 bits per heavy atom. The van der Waals surface area contributed by atoms with E-state index in [1.54, 1.807) is 0 Å². The Hall–Kier alpha value is -1.48. The zero-order valence-corrected chi connectivity index (χ0v) is 13.0. The Morgan fingerprint density at radius 3 is 2.60 bits per heavy atom. The summed E-state index contributed by atoms with van der Waals surface area (Å²) < 4.78 is 5.65. The Balaban J connectivity index is 2.55. The maximum atomic E-state index is 5.65. The van der Waals surface area contributed by atoms with Gasteiger partial charge in [-0.05, 0) is 50.1 Å². The van der Waals surface area contributed by atoms with E-state index in [1.165, 1.54) is 22.2 Å². The summed E-state index contributed by atoms with van der Waals surface area (Å²) in [7, 11) is 0. The van der Waals surface area contributed by atoms with Crippen LogP contribution in [0.4, 0.5) is 0 Å². The summed E-state index contributed by atoms with van der Waals surface area (Å²) in [5.74, 6) is 0.953. The second kappa shape index (κ2) is 6.80. The van der Waals surface area contributed by atoms with Crippen LogP contribution in [-0.4, -0.2) is 18.1 Å². The van der Waals surface area contributed by atoms with E-state index in [1.807, 2.05) is 13.0 Å². The van der Waals surface area contributed by atoms with Gasteiger partial charge < -0.3 is 15.0 Å². The van der Waals surface area contributed by atoms with Crippen molar-refractivity contribution in [3.05, 3.63) is 29.5 Å². The molecule has 0 saturated carbocycles. The lowest BCUT2D eigenvalue weighted by atomic mass is 9.99. The zero-order chi connectivity index (χ0) is 14.5. The minimum atomic E-state index is 0.403. The van der Waals surface area contributed by atoms with Crippen LogP contribution in [0.25, 0.3) is 10.9 Å². The molecule has 3 nitrogen and oxygen atoms in total. The first-order valence-corrected chi connectivity index (χ1v) is 7.75. The number of fused-ring (bicyclic) bond motifs is 1. The van der Waals surface area contributed by atoms with Gasteiger partial charge in [-0.2, -0.15) is 0 Å². The third-order valence-electron chi connectivity index (χ3n) is 3.76. The van der Waals surface area contributed by atoms with Crippen LogP contribution in [0.3, 0.4) is 0 Å². The second-order valence-corrected chi connectivity index (χ2v) is 5.03. The molecule has 1 heterocycles. The quantitative estimate of drug-likeness (QED) is 0.794. The Morgan fingerprint density at radius 1 is 1.20 bits per heavy atom. The molecule has 3 heteroatoms. The fourth-order valence-electron chi connectivity index (χ4n) is 2.88. The summed E-state index contributed by atoms with van der Waals surface area (Å²) in [6, 6.07) is 6.74. The molecule has 1 aromatic heterocycles. The number of benzene rings is 1. The van der Waals surface area contributed by atoms with Gasteiger partial charge in [-0.1, -0.05) is 20.8 Å². The van der Waals surface area contributed by atoms with Gasteiger partial charge >= 0.3 is 0 Å². The van der Waals surface area contributed by atoms with Crippen molar-refractivity contribution in [1.29, 1.82) is 0 Å². The highest BCUT2D eigenvalue weighted by Gasteiger charge is 2.18. The van der Waals surface area contributed by atoms with Crippen molar-refractivity contribution in [1.82, 2.24) is 10.3 Å². The van der Waals surface area contributed by atoms with Crippen LogP contribution in [0.5, 0.6) is 5.75 Å². The van der Waals surface area contributed by atoms with E-state index < -0.39 is 0 Å². The number of aryl methyl sites for hydroxylation is 1. The van der Waals surface area contributed by atoms with E-state index in [4.69, 9.17) is 4.74 Å². The van der Waals surface area contributed by atoms with E-state index in [9.17, 15) is 0 Å². The average Bonchev–Trinajstić information content (AvgIpc) is 2.83. The molecule has 0 amide bonds. The van der Waals surface area contributed by atoms with Gasteiger partial charge in [-0.3, -0.25) is 0 Å². The fraction of sp³-hybridized carbons (Fsp3) is 0.529. The van der Waals surface area contributed by atoms with Gasteiger partial charge in [-0.25, -0.2) is 0 Å². The van der Waals surface area contributed by atoms with Gasteiger partial charge in [-0.15, -0.1) is 0 Å². The topological polar surface area (TPSA) is 37.0 Å². The van der Waals surface area contributed by atoms with Crippen molar-refractivity contribution in [3.63, 3.8) is 0 Å². The highest BCUT2D eigenvalue weighted by atomic mass is 16.5. The first kappa shape index (κ1) is 14.9. The minimum absolute atomic E-state index is 0.403. The molecule has 0 bridgehead atoms.